The maximum absolute atomic E-state index is 11.7. The molecule has 1 fully saturated rings. The molecular weight excluding hydrogens is 298 g/mol. The lowest BCUT2D eigenvalue weighted by atomic mass is 10.2. The molecule has 1 rings (SSSR count). The molecule has 0 aromatic heterocycles. The molecule has 8 heteroatoms. The van der Waals surface area contributed by atoms with Gasteiger partial charge in [0, 0.05) is 26.1 Å². The summed E-state index contributed by atoms with van der Waals surface area (Å²) in [6.07, 6.45) is 1.97. The van der Waals surface area contributed by atoms with Gasteiger partial charge >= 0.3 is 5.97 Å². The van der Waals surface area contributed by atoms with E-state index in [0.717, 1.165) is 12.8 Å². The van der Waals surface area contributed by atoms with Crippen LogP contribution in [0.5, 0.6) is 0 Å². The van der Waals surface area contributed by atoms with Crippen molar-refractivity contribution in [3.05, 3.63) is 0 Å². The largest absolute Gasteiger partial charge is 0.748 e. The van der Waals surface area contributed by atoms with Crippen LogP contribution in [0.2, 0.25) is 0 Å². The minimum atomic E-state index is -4.43. The van der Waals surface area contributed by atoms with Crippen LogP contribution in [0.25, 0.3) is 0 Å². The van der Waals surface area contributed by atoms with E-state index in [1.165, 1.54) is 0 Å². The van der Waals surface area contributed by atoms with Crippen molar-refractivity contribution in [1.82, 2.24) is 4.90 Å². The Bertz CT molecular complexity index is 405. The van der Waals surface area contributed by atoms with Crippen molar-refractivity contribution in [3.63, 3.8) is 0 Å². The van der Waals surface area contributed by atoms with Crippen molar-refractivity contribution >= 4 is 16.1 Å². The van der Waals surface area contributed by atoms with Crippen molar-refractivity contribution in [1.29, 1.82) is 0 Å². The SMILES string of the molecule is CCCCCC(=O)OC(CN1CCOCC1)CS(=O)(=O)[O-]. The molecule has 0 N–H and O–H groups in total. The lowest BCUT2D eigenvalue weighted by Crippen LogP contribution is -2.44. The van der Waals surface area contributed by atoms with E-state index in [9.17, 15) is 17.8 Å². The Labute approximate surface area is 126 Å². The van der Waals surface area contributed by atoms with Gasteiger partial charge in [0.05, 0.1) is 29.1 Å². The van der Waals surface area contributed by atoms with E-state index in [0.29, 0.717) is 32.7 Å². The number of morpholine rings is 1. The van der Waals surface area contributed by atoms with Gasteiger partial charge in [-0.3, -0.25) is 9.69 Å². The Balaban J connectivity index is 2.48. The van der Waals surface area contributed by atoms with Crippen LogP contribution in [0.3, 0.4) is 0 Å². The minimum absolute atomic E-state index is 0.254. The molecule has 124 valence electrons. The fourth-order valence-electron chi connectivity index (χ4n) is 2.19. The van der Waals surface area contributed by atoms with E-state index in [2.05, 4.69) is 0 Å². The van der Waals surface area contributed by atoms with Gasteiger partial charge in [0.15, 0.2) is 0 Å². The standard InChI is InChI=1S/C13H25NO6S/c1-2-3-4-5-13(15)20-12(11-21(16,17)18)10-14-6-8-19-9-7-14/h12H,2-11H2,1H3,(H,16,17,18)/p-1. The van der Waals surface area contributed by atoms with Crippen LogP contribution in [-0.4, -0.2) is 68.5 Å². The number of hydrogen-bond acceptors (Lipinski definition) is 7. The normalized spacial score (nSPS) is 18.4. The average molecular weight is 322 g/mol. The second kappa shape index (κ2) is 9.34. The average Bonchev–Trinajstić information content (AvgIpc) is 2.38. The molecule has 21 heavy (non-hydrogen) atoms. The third-order valence-electron chi connectivity index (χ3n) is 3.24. The fourth-order valence-corrected chi connectivity index (χ4v) is 2.82. The summed E-state index contributed by atoms with van der Waals surface area (Å²) in [7, 11) is -4.43. The number of rotatable bonds is 9. The van der Waals surface area contributed by atoms with Gasteiger partial charge in [-0.2, -0.15) is 0 Å². The first-order chi connectivity index (χ1) is 9.90. The monoisotopic (exact) mass is 322 g/mol. The predicted octanol–water partition coefficient (Wildman–Crippen LogP) is 0.356. The van der Waals surface area contributed by atoms with Gasteiger partial charge in [-0.1, -0.05) is 19.8 Å². The van der Waals surface area contributed by atoms with E-state index >= 15 is 0 Å². The Morgan fingerprint density at radius 1 is 1.33 bits per heavy atom. The lowest BCUT2D eigenvalue weighted by Gasteiger charge is -2.30. The van der Waals surface area contributed by atoms with Crippen molar-refractivity contribution in [2.75, 3.05) is 38.6 Å². The summed E-state index contributed by atoms with van der Waals surface area (Å²) in [4.78, 5) is 13.6. The zero-order chi connectivity index (χ0) is 15.7. The lowest BCUT2D eigenvalue weighted by molar-refractivity contribution is -0.149. The van der Waals surface area contributed by atoms with Crippen LogP contribution in [0, 0.1) is 0 Å². The second-order valence-corrected chi connectivity index (χ2v) is 6.65. The molecule has 1 aliphatic heterocycles. The summed E-state index contributed by atoms with van der Waals surface area (Å²) < 4.78 is 43.2. The molecule has 0 aliphatic carbocycles. The van der Waals surface area contributed by atoms with E-state index in [-0.39, 0.29) is 13.0 Å². The van der Waals surface area contributed by atoms with E-state index in [4.69, 9.17) is 9.47 Å². The van der Waals surface area contributed by atoms with E-state index < -0.39 is 27.9 Å². The Morgan fingerprint density at radius 3 is 2.57 bits per heavy atom. The van der Waals surface area contributed by atoms with Gasteiger partial charge in [0.25, 0.3) is 0 Å². The number of nitrogens with zero attached hydrogens (tertiary/aromatic N) is 1. The summed E-state index contributed by atoms with van der Waals surface area (Å²) in [5.74, 6) is -1.12. The van der Waals surface area contributed by atoms with Crippen LogP contribution in [-0.2, 0) is 24.4 Å². The van der Waals surface area contributed by atoms with Crippen LogP contribution >= 0.6 is 0 Å². The quantitative estimate of drug-likeness (QED) is 0.343. The van der Waals surface area contributed by atoms with Crippen molar-refractivity contribution < 1.29 is 27.2 Å². The smallest absolute Gasteiger partial charge is 0.306 e. The highest BCUT2D eigenvalue weighted by Crippen LogP contribution is 2.07. The molecule has 7 nitrogen and oxygen atoms in total. The van der Waals surface area contributed by atoms with Crippen LogP contribution < -0.4 is 0 Å². The molecule has 1 atom stereocenters. The number of ether oxygens (including phenoxy) is 2. The maximum Gasteiger partial charge on any atom is 0.306 e. The molecule has 0 amide bonds. The number of hydrogen-bond donors (Lipinski definition) is 0. The first kappa shape index (κ1) is 18.3. The van der Waals surface area contributed by atoms with Gasteiger partial charge in [-0.05, 0) is 6.42 Å². The van der Waals surface area contributed by atoms with Crippen molar-refractivity contribution in [2.24, 2.45) is 0 Å². The van der Waals surface area contributed by atoms with Gasteiger partial charge in [-0.15, -0.1) is 0 Å². The predicted molar refractivity (Wildman–Crippen MR) is 75.8 cm³/mol. The van der Waals surface area contributed by atoms with Gasteiger partial charge in [0.1, 0.15) is 6.10 Å². The molecule has 0 radical (unpaired) electrons. The van der Waals surface area contributed by atoms with E-state index in [1.54, 1.807) is 0 Å². The Morgan fingerprint density at radius 2 is 2.00 bits per heavy atom. The van der Waals surface area contributed by atoms with E-state index in [1.807, 2.05) is 11.8 Å². The fraction of sp³-hybridized carbons (Fsp3) is 0.923. The number of carbonyl (C=O) groups excluding carboxylic acids is 1. The van der Waals surface area contributed by atoms with Gasteiger partial charge < -0.3 is 14.0 Å². The summed E-state index contributed by atoms with van der Waals surface area (Å²) in [6, 6.07) is 0. The molecule has 0 bridgehead atoms. The summed E-state index contributed by atoms with van der Waals surface area (Å²) in [5, 5.41) is 0. The van der Waals surface area contributed by atoms with Gasteiger partial charge in [-0.25, -0.2) is 8.42 Å². The molecule has 0 spiro atoms. The number of esters is 1. The second-order valence-electron chi connectivity index (χ2n) is 5.21. The highest BCUT2D eigenvalue weighted by molar-refractivity contribution is 7.85. The zero-order valence-electron chi connectivity index (χ0n) is 12.5. The third kappa shape index (κ3) is 9.02. The van der Waals surface area contributed by atoms with Crippen LogP contribution in [0.4, 0.5) is 0 Å². The molecule has 0 saturated carbocycles. The highest BCUT2D eigenvalue weighted by Gasteiger charge is 2.22. The topological polar surface area (TPSA) is 96.0 Å². The minimum Gasteiger partial charge on any atom is -0.748 e. The first-order valence-corrected chi connectivity index (χ1v) is 8.91. The molecule has 1 unspecified atom stereocenters. The summed E-state index contributed by atoms with van der Waals surface area (Å²) in [6.45, 7) is 4.68. The summed E-state index contributed by atoms with van der Waals surface area (Å²) >= 11 is 0. The van der Waals surface area contributed by atoms with Crippen LogP contribution in [0.15, 0.2) is 0 Å². The Kier molecular flexibility index (Phi) is 8.16. The molecule has 1 aliphatic rings. The zero-order valence-corrected chi connectivity index (χ0v) is 13.3. The van der Waals surface area contributed by atoms with Crippen LogP contribution in [0.1, 0.15) is 32.6 Å². The first-order valence-electron chi connectivity index (χ1n) is 7.34. The molecule has 1 heterocycles. The molecule has 1 saturated heterocycles. The number of carbonyl (C=O) groups is 1. The van der Waals surface area contributed by atoms with Gasteiger partial charge in [0.2, 0.25) is 0 Å². The highest BCUT2D eigenvalue weighted by atomic mass is 32.2. The van der Waals surface area contributed by atoms with Crippen molar-refractivity contribution in [2.45, 2.75) is 38.7 Å². The molecular formula is C13H24NO6S-. The Hall–Kier alpha value is -0.700. The maximum atomic E-state index is 11.7. The molecule has 0 aromatic rings. The number of unbranched alkanes of at least 4 members (excludes halogenated alkanes) is 2. The third-order valence-corrected chi connectivity index (χ3v) is 4.02. The molecule has 0 aromatic carbocycles. The summed E-state index contributed by atoms with van der Waals surface area (Å²) in [5.41, 5.74) is 0. The van der Waals surface area contributed by atoms with Crippen molar-refractivity contribution in [3.8, 4) is 0 Å².